The maximum atomic E-state index is 12.2. The van der Waals surface area contributed by atoms with E-state index in [0.717, 1.165) is 16.7 Å². The summed E-state index contributed by atoms with van der Waals surface area (Å²) >= 11 is 0. The maximum Gasteiger partial charge on any atom is 0.255 e. The van der Waals surface area contributed by atoms with Gasteiger partial charge in [-0.25, -0.2) is 0 Å². The smallest absolute Gasteiger partial charge is 0.255 e. The van der Waals surface area contributed by atoms with Crippen LogP contribution in [-0.2, 0) is 0 Å². The molecule has 0 spiro atoms. The van der Waals surface area contributed by atoms with E-state index in [9.17, 15) is 4.79 Å². The van der Waals surface area contributed by atoms with Gasteiger partial charge in [0, 0.05) is 16.8 Å². The van der Waals surface area contributed by atoms with Crippen LogP contribution in [0.25, 0.3) is 0 Å². The van der Waals surface area contributed by atoms with Crippen molar-refractivity contribution in [1.29, 1.82) is 0 Å². The number of anilines is 1. The molecule has 2 rings (SSSR count). The van der Waals surface area contributed by atoms with Crippen LogP contribution < -0.4 is 5.32 Å². The van der Waals surface area contributed by atoms with Crippen LogP contribution in [0.1, 0.15) is 27.0 Å². The average molecular weight is 249 g/mol. The number of hydrogen-bond donors (Lipinski definition) is 1. The van der Waals surface area contributed by atoms with E-state index in [2.05, 4.69) is 11.2 Å². The summed E-state index contributed by atoms with van der Waals surface area (Å²) in [6.07, 6.45) is 5.34. The largest absolute Gasteiger partial charge is 0.322 e. The van der Waals surface area contributed by atoms with E-state index >= 15 is 0 Å². The standard InChI is InChI=1S/C17H15NO/c1-4-14-6-5-7-16(11-14)18-17(19)15-9-12(2)8-13(3)10-15/h1,5-11H,2-3H3,(H,18,19). The van der Waals surface area contributed by atoms with Gasteiger partial charge >= 0.3 is 0 Å². The van der Waals surface area contributed by atoms with Gasteiger partial charge in [0.05, 0.1) is 0 Å². The molecule has 1 amide bonds. The molecule has 0 saturated carbocycles. The van der Waals surface area contributed by atoms with Crippen molar-refractivity contribution in [2.75, 3.05) is 5.32 Å². The van der Waals surface area contributed by atoms with Crippen molar-refractivity contribution in [3.05, 3.63) is 64.7 Å². The monoisotopic (exact) mass is 249 g/mol. The number of hydrogen-bond acceptors (Lipinski definition) is 1. The van der Waals surface area contributed by atoms with Crippen molar-refractivity contribution < 1.29 is 4.79 Å². The van der Waals surface area contributed by atoms with E-state index in [1.165, 1.54) is 0 Å². The summed E-state index contributed by atoms with van der Waals surface area (Å²) in [5.74, 6) is 2.42. The average Bonchev–Trinajstić information content (AvgIpc) is 2.37. The van der Waals surface area contributed by atoms with Gasteiger partial charge in [0.2, 0.25) is 0 Å². The lowest BCUT2D eigenvalue weighted by atomic mass is 10.1. The highest BCUT2D eigenvalue weighted by molar-refractivity contribution is 6.04. The molecule has 1 N–H and O–H groups in total. The van der Waals surface area contributed by atoms with Crippen LogP contribution in [0.2, 0.25) is 0 Å². The lowest BCUT2D eigenvalue weighted by Crippen LogP contribution is -2.12. The van der Waals surface area contributed by atoms with Gasteiger partial charge in [-0.3, -0.25) is 4.79 Å². The van der Waals surface area contributed by atoms with Crippen LogP contribution in [0.5, 0.6) is 0 Å². The molecule has 19 heavy (non-hydrogen) atoms. The van der Waals surface area contributed by atoms with Crippen LogP contribution in [0, 0.1) is 26.2 Å². The summed E-state index contributed by atoms with van der Waals surface area (Å²) in [4.78, 5) is 12.2. The lowest BCUT2D eigenvalue weighted by molar-refractivity contribution is 0.102. The second-order valence-corrected chi connectivity index (χ2v) is 4.56. The lowest BCUT2D eigenvalue weighted by Gasteiger charge is -2.07. The van der Waals surface area contributed by atoms with Gasteiger partial charge in [-0.2, -0.15) is 0 Å². The summed E-state index contributed by atoms with van der Waals surface area (Å²) in [6, 6.07) is 13.0. The quantitative estimate of drug-likeness (QED) is 0.810. The third-order valence-electron chi connectivity index (χ3n) is 2.77. The van der Waals surface area contributed by atoms with E-state index < -0.39 is 0 Å². The topological polar surface area (TPSA) is 29.1 Å². The second-order valence-electron chi connectivity index (χ2n) is 4.56. The highest BCUT2D eigenvalue weighted by atomic mass is 16.1. The first-order chi connectivity index (χ1) is 9.08. The highest BCUT2D eigenvalue weighted by Gasteiger charge is 2.07. The molecular formula is C17H15NO. The summed E-state index contributed by atoms with van der Waals surface area (Å²) in [6.45, 7) is 3.95. The van der Waals surface area contributed by atoms with Crippen LogP contribution >= 0.6 is 0 Å². The minimum Gasteiger partial charge on any atom is -0.322 e. The van der Waals surface area contributed by atoms with Crippen LogP contribution in [0.4, 0.5) is 5.69 Å². The predicted octanol–water partition coefficient (Wildman–Crippen LogP) is 3.54. The zero-order valence-electron chi connectivity index (χ0n) is 11.0. The molecule has 0 heterocycles. The van der Waals surface area contributed by atoms with Crippen molar-refractivity contribution in [1.82, 2.24) is 0 Å². The van der Waals surface area contributed by atoms with Crippen molar-refractivity contribution in [3.63, 3.8) is 0 Å². The highest BCUT2D eigenvalue weighted by Crippen LogP contribution is 2.14. The van der Waals surface area contributed by atoms with Crippen LogP contribution in [-0.4, -0.2) is 5.91 Å². The SMILES string of the molecule is C#Cc1cccc(NC(=O)c2cc(C)cc(C)c2)c1. The third kappa shape index (κ3) is 3.23. The number of nitrogens with one attached hydrogen (secondary N) is 1. The molecule has 94 valence electrons. The molecular weight excluding hydrogens is 234 g/mol. The Morgan fingerprint density at radius 2 is 1.79 bits per heavy atom. The molecule has 0 aromatic heterocycles. The van der Waals surface area contributed by atoms with Gasteiger partial charge < -0.3 is 5.32 Å². The van der Waals surface area contributed by atoms with E-state index in [0.29, 0.717) is 11.3 Å². The van der Waals surface area contributed by atoms with E-state index in [1.54, 1.807) is 6.07 Å². The number of carbonyl (C=O) groups is 1. The fourth-order valence-electron chi connectivity index (χ4n) is 2.00. The molecule has 0 unspecified atom stereocenters. The Morgan fingerprint density at radius 1 is 1.11 bits per heavy atom. The molecule has 0 saturated heterocycles. The molecule has 2 heteroatoms. The first-order valence-electron chi connectivity index (χ1n) is 6.05. The van der Waals surface area contributed by atoms with Gasteiger partial charge in [0.25, 0.3) is 5.91 Å². The molecule has 0 aliphatic rings. The van der Waals surface area contributed by atoms with Crippen molar-refractivity contribution in [2.45, 2.75) is 13.8 Å². The Hall–Kier alpha value is -2.53. The van der Waals surface area contributed by atoms with Crippen LogP contribution in [0.15, 0.2) is 42.5 Å². The van der Waals surface area contributed by atoms with Crippen molar-refractivity contribution in [3.8, 4) is 12.3 Å². The number of benzene rings is 2. The summed E-state index contributed by atoms with van der Waals surface area (Å²) in [5, 5.41) is 2.85. The third-order valence-corrected chi connectivity index (χ3v) is 2.77. The van der Waals surface area contributed by atoms with Gasteiger partial charge in [-0.1, -0.05) is 29.2 Å². The molecule has 0 aliphatic heterocycles. The number of amides is 1. The molecule has 0 radical (unpaired) electrons. The molecule has 0 bridgehead atoms. The fraction of sp³-hybridized carbons (Fsp3) is 0.118. The minimum absolute atomic E-state index is 0.124. The molecule has 0 fully saturated rings. The Kier molecular flexibility index (Phi) is 3.68. The fourth-order valence-corrected chi connectivity index (χ4v) is 2.00. The van der Waals surface area contributed by atoms with Gasteiger partial charge in [-0.05, 0) is 44.2 Å². The Labute approximate surface area is 113 Å². The van der Waals surface area contributed by atoms with Crippen LogP contribution in [0.3, 0.4) is 0 Å². The normalized spacial score (nSPS) is 9.74. The van der Waals surface area contributed by atoms with E-state index in [1.807, 2.05) is 50.2 Å². The van der Waals surface area contributed by atoms with E-state index in [4.69, 9.17) is 6.42 Å². The second kappa shape index (κ2) is 5.41. The Morgan fingerprint density at radius 3 is 2.42 bits per heavy atom. The first kappa shape index (κ1) is 12.9. The van der Waals surface area contributed by atoms with Crippen molar-refractivity contribution in [2.24, 2.45) is 0 Å². The maximum absolute atomic E-state index is 12.2. The Balaban J connectivity index is 2.23. The molecule has 0 aliphatic carbocycles. The number of terminal acetylenes is 1. The Bertz CT molecular complexity index is 645. The molecule has 2 nitrogen and oxygen atoms in total. The molecule has 2 aromatic rings. The molecule has 0 atom stereocenters. The number of carbonyl (C=O) groups excluding carboxylic acids is 1. The number of aryl methyl sites for hydroxylation is 2. The van der Waals surface area contributed by atoms with Gasteiger partial charge in [0.15, 0.2) is 0 Å². The number of rotatable bonds is 2. The summed E-state index contributed by atoms with van der Waals surface area (Å²) in [7, 11) is 0. The first-order valence-corrected chi connectivity index (χ1v) is 6.05. The zero-order chi connectivity index (χ0) is 13.8. The van der Waals surface area contributed by atoms with Gasteiger partial charge in [-0.15, -0.1) is 6.42 Å². The zero-order valence-corrected chi connectivity index (χ0v) is 11.0. The minimum atomic E-state index is -0.124. The summed E-state index contributed by atoms with van der Waals surface area (Å²) in [5.41, 5.74) is 4.26. The summed E-state index contributed by atoms with van der Waals surface area (Å²) < 4.78 is 0. The van der Waals surface area contributed by atoms with Gasteiger partial charge in [0.1, 0.15) is 0 Å². The predicted molar refractivity (Wildman–Crippen MR) is 78.2 cm³/mol. The molecule has 2 aromatic carbocycles. The van der Waals surface area contributed by atoms with E-state index in [-0.39, 0.29) is 5.91 Å². The van der Waals surface area contributed by atoms with Crippen molar-refractivity contribution >= 4 is 11.6 Å².